The fourth-order valence-electron chi connectivity index (χ4n) is 1.44. The van der Waals surface area contributed by atoms with Crippen molar-refractivity contribution in [2.45, 2.75) is 13.3 Å². The SMILES string of the molecule is CCCS(=O)(=O)CCOc1ccc(B(O)O)cc1. The van der Waals surface area contributed by atoms with Crippen LogP contribution in [0.4, 0.5) is 0 Å². The summed E-state index contributed by atoms with van der Waals surface area (Å²) in [5.74, 6) is 0.670. The Bertz CT molecular complexity index is 455. The normalized spacial score (nSPS) is 11.3. The second-order valence-electron chi connectivity index (χ2n) is 3.94. The summed E-state index contributed by atoms with van der Waals surface area (Å²) in [7, 11) is -4.54. The van der Waals surface area contributed by atoms with E-state index in [4.69, 9.17) is 14.8 Å². The molecule has 0 unspecified atom stereocenters. The predicted octanol–water partition coefficient (Wildman–Crippen LogP) is -0.430. The predicted molar refractivity (Wildman–Crippen MR) is 70.7 cm³/mol. The molecule has 0 saturated carbocycles. The van der Waals surface area contributed by atoms with Crippen LogP contribution >= 0.6 is 0 Å². The van der Waals surface area contributed by atoms with Crippen molar-refractivity contribution in [1.29, 1.82) is 0 Å². The van der Waals surface area contributed by atoms with E-state index in [2.05, 4.69) is 0 Å². The van der Waals surface area contributed by atoms with Crippen LogP contribution in [-0.2, 0) is 9.84 Å². The quantitative estimate of drug-likeness (QED) is 0.658. The van der Waals surface area contributed by atoms with Gasteiger partial charge in [0.05, 0.1) is 11.5 Å². The average Bonchev–Trinajstić information content (AvgIpc) is 2.29. The molecule has 0 fully saturated rings. The van der Waals surface area contributed by atoms with E-state index in [0.717, 1.165) is 0 Å². The van der Waals surface area contributed by atoms with Crippen molar-refractivity contribution in [2.75, 3.05) is 18.1 Å². The molecule has 0 aromatic heterocycles. The summed E-state index contributed by atoms with van der Waals surface area (Å²) in [6.45, 7) is 1.92. The van der Waals surface area contributed by atoms with E-state index >= 15 is 0 Å². The molecule has 0 saturated heterocycles. The van der Waals surface area contributed by atoms with Gasteiger partial charge in [-0.2, -0.15) is 0 Å². The lowest BCUT2D eigenvalue weighted by Gasteiger charge is -2.07. The molecule has 7 heteroatoms. The Labute approximate surface area is 107 Å². The van der Waals surface area contributed by atoms with Gasteiger partial charge in [0.2, 0.25) is 0 Å². The summed E-state index contributed by atoms with van der Waals surface area (Å²) < 4.78 is 28.1. The monoisotopic (exact) mass is 272 g/mol. The van der Waals surface area contributed by atoms with Crippen molar-refractivity contribution in [2.24, 2.45) is 0 Å². The van der Waals surface area contributed by atoms with Crippen LogP contribution in [0.15, 0.2) is 24.3 Å². The molecule has 0 aliphatic carbocycles. The molecule has 0 atom stereocenters. The average molecular weight is 272 g/mol. The lowest BCUT2D eigenvalue weighted by Crippen LogP contribution is -2.29. The Morgan fingerprint density at radius 3 is 2.28 bits per heavy atom. The molecule has 0 amide bonds. The topological polar surface area (TPSA) is 83.8 Å². The van der Waals surface area contributed by atoms with Crippen LogP contribution < -0.4 is 10.2 Å². The molecule has 0 radical (unpaired) electrons. The highest BCUT2D eigenvalue weighted by Gasteiger charge is 2.11. The Balaban J connectivity index is 2.45. The maximum absolute atomic E-state index is 11.4. The van der Waals surface area contributed by atoms with Gasteiger partial charge >= 0.3 is 7.12 Å². The van der Waals surface area contributed by atoms with E-state index in [1.54, 1.807) is 12.1 Å². The zero-order chi connectivity index (χ0) is 13.6. The van der Waals surface area contributed by atoms with Crippen molar-refractivity contribution >= 4 is 22.4 Å². The van der Waals surface area contributed by atoms with E-state index in [-0.39, 0.29) is 18.1 Å². The highest BCUT2D eigenvalue weighted by Crippen LogP contribution is 2.08. The number of hydrogen-bond donors (Lipinski definition) is 2. The standard InChI is InChI=1S/C11H17BO5S/c1-2-8-18(15,16)9-7-17-11-5-3-10(4-6-11)12(13)14/h3-6,13-14H,2,7-9H2,1H3. The molecule has 0 bridgehead atoms. The molecule has 0 heterocycles. The van der Waals surface area contributed by atoms with Crippen molar-refractivity contribution in [3.8, 4) is 5.75 Å². The molecule has 100 valence electrons. The molecular weight excluding hydrogens is 255 g/mol. The van der Waals surface area contributed by atoms with E-state index in [1.807, 2.05) is 6.92 Å². The summed E-state index contributed by atoms with van der Waals surface area (Å²) >= 11 is 0. The van der Waals surface area contributed by atoms with Gasteiger partial charge in [-0.15, -0.1) is 0 Å². The molecule has 1 aromatic rings. The van der Waals surface area contributed by atoms with Gasteiger partial charge in [-0.1, -0.05) is 19.1 Å². The zero-order valence-corrected chi connectivity index (χ0v) is 11.1. The van der Waals surface area contributed by atoms with Crippen LogP contribution in [0.1, 0.15) is 13.3 Å². The van der Waals surface area contributed by atoms with Crippen molar-refractivity contribution in [3.05, 3.63) is 24.3 Å². The molecule has 0 aliphatic heterocycles. The number of rotatable bonds is 7. The van der Waals surface area contributed by atoms with Crippen LogP contribution in [-0.4, -0.2) is 43.7 Å². The highest BCUT2D eigenvalue weighted by atomic mass is 32.2. The minimum atomic E-state index is -3.03. The maximum atomic E-state index is 11.4. The van der Waals surface area contributed by atoms with Crippen LogP contribution in [0, 0.1) is 0 Å². The summed E-state index contributed by atoms with van der Waals surface area (Å²) in [6, 6.07) is 6.17. The molecule has 0 spiro atoms. The maximum Gasteiger partial charge on any atom is 0.488 e. The van der Waals surface area contributed by atoms with Gasteiger partial charge in [0.1, 0.15) is 12.4 Å². The second-order valence-corrected chi connectivity index (χ2v) is 6.25. The van der Waals surface area contributed by atoms with Crippen LogP contribution in [0.2, 0.25) is 0 Å². The summed E-state index contributed by atoms with van der Waals surface area (Å²) in [5.41, 5.74) is 0.362. The third-order valence-corrected chi connectivity index (χ3v) is 4.18. The lowest BCUT2D eigenvalue weighted by molar-refractivity contribution is 0.341. The summed E-state index contributed by atoms with van der Waals surface area (Å²) in [6.07, 6.45) is 0.603. The molecular formula is C11H17BO5S. The largest absolute Gasteiger partial charge is 0.493 e. The van der Waals surface area contributed by atoms with Gasteiger partial charge in [-0.25, -0.2) is 8.42 Å². The lowest BCUT2D eigenvalue weighted by atomic mass is 9.80. The summed E-state index contributed by atoms with van der Waals surface area (Å²) in [5, 5.41) is 17.8. The zero-order valence-electron chi connectivity index (χ0n) is 10.2. The molecule has 1 rings (SSSR count). The van der Waals surface area contributed by atoms with Crippen molar-refractivity contribution < 1.29 is 23.2 Å². The first kappa shape index (κ1) is 15.0. The first-order valence-electron chi connectivity index (χ1n) is 5.74. The van der Waals surface area contributed by atoms with Gasteiger partial charge in [-0.05, 0) is 24.0 Å². The first-order chi connectivity index (χ1) is 8.44. The van der Waals surface area contributed by atoms with E-state index in [9.17, 15) is 8.42 Å². The summed E-state index contributed by atoms with van der Waals surface area (Å²) in [4.78, 5) is 0. The van der Waals surface area contributed by atoms with Crippen molar-refractivity contribution in [3.63, 3.8) is 0 Å². The molecule has 18 heavy (non-hydrogen) atoms. The minimum Gasteiger partial charge on any atom is -0.493 e. The minimum absolute atomic E-state index is 0.00871. The number of ether oxygens (including phenoxy) is 1. The highest BCUT2D eigenvalue weighted by molar-refractivity contribution is 7.91. The third kappa shape index (κ3) is 5.08. The van der Waals surface area contributed by atoms with Gasteiger partial charge in [0.25, 0.3) is 0 Å². The van der Waals surface area contributed by atoms with Crippen molar-refractivity contribution in [1.82, 2.24) is 0 Å². The number of sulfone groups is 1. The van der Waals surface area contributed by atoms with Gasteiger partial charge in [0.15, 0.2) is 9.84 Å². The Hall–Kier alpha value is -1.05. The fraction of sp³-hybridized carbons (Fsp3) is 0.455. The Morgan fingerprint density at radius 1 is 1.17 bits per heavy atom. The molecule has 1 aromatic carbocycles. The number of benzene rings is 1. The number of hydrogen-bond acceptors (Lipinski definition) is 5. The van der Waals surface area contributed by atoms with E-state index in [0.29, 0.717) is 17.6 Å². The van der Waals surface area contributed by atoms with E-state index in [1.165, 1.54) is 12.1 Å². The third-order valence-electron chi connectivity index (χ3n) is 2.36. The first-order valence-corrected chi connectivity index (χ1v) is 7.56. The smallest absolute Gasteiger partial charge is 0.488 e. The molecule has 0 aliphatic rings. The Kier molecular flexibility index (Phi) is 5.65. The van der Waals surface area contributed by atoms with E-state index < -0.39 is 17.0 Å². The van der Waals surface area contributed by atoms with Crippen LogP contribution in [0.5, 0.6) is 5.75 Å². The van der Waals surface area contributed by atoms with Crippen LogP contribution in [0.25, 0.3) is 0 Å². The fourth-order valence-corrected chi connectivity index (χ4v) is 2.60. The molecule has 5 nitrogen and oxygen atoms in total. The van der Waals surface area contributed by atoms with Gasteiger partial charge in [0, 0.05) is 0 Å². The molecule has 2 N–H and O–H groups in total. The van der Waals surface area contributed by atoms with Gasteiger partial charge < -0.3 is 14.8 Å². The van der Waals surface area contributed by atoms with Gasteiger partial charge in [-0.3, -0.25) is 0 Å². The second kappa shape index (κ2) is 6.77. The Morgan fingerprint density at radius 2 is 1.78 bits per heavy atom. The van der Waals surface area contributed by atoms with Crippen LogP contribution in [0.3, 0.4) is 0 Å².